The van der Waals surface area contributed by atoms with Gasteiger partial charge in [-0.1, -0.05) is 30.3 Å². The van der Waals surface area contributed by atoms with Gasteiger partial charge in [0.2, 0.25) is 10.0 Å². The molecule has 7 heteroatoms. The van der Waals surface area contributed by atoms with Crippen LogP contribution in [0.4, 0.5) is 0 Å². The van der Waals surface area contributed by atoms with Crippen LogP contribution in [-0.2, 0) is 23.0 Å². The van der Waals surface area contributed by atoms with Crippen LogP contribution in [0.15, 0.2) is 84.1 Å². The fraction of sp³-hybridized carbons (Fsp3) is 0.174. The van der Waals surface area contributed by atoms with Crippen LogP contribution in [0.5, 0.6) is 0 Å². The first-order valence-electron chi connectivity index (χ1n) is 9.78. The monoisotopic (exact) mass is 419 g/mol. The van der Waals surface area contributed by atoms with E-state index in [0.717, 1.165) is 22.0 Å². The van der Waals surface area contributed by atoms with Crippen LogP contribution in [0.2, 0.25) is 0 Å². The summed E-state index contributed by atoms with van der Waals surface area (Å²) in [6.07, 6.45) is 4.62. The molecule has 152 valence electrons. The summed E-state index contributed by atoms with van der Waals surface area (Å²) in [5.74, 6) is 0. The maximum atomic E-state index is 13.6. The number of hydrogen-bond acceptors (Lipinski definition) is 4. The summed E-state index contributed by atoms with van der Waals surface area (Å²) < 4.78 is 28.6. The minimum Gasteiger partial charge on any atom is -0.387 e. The maximum absolute atomic E-state index is 13.6. The Hall–Kier alpha value is -3.00. The van der Waals surface area contributed by atoms with E-state index in [4.69, 9.17) is 0 Å². The molecule has 0 amide bonds. The lowest BCUT2D eigenvalue weighted by molar-refractivity contribution is 0.0771. The van der Waals surface area contributed by atoms with Gasteiger partial charge in [-0.25, -0.2) is 8.42 Å². The summed E-state index contributed by atoms with van der Waals surface area (Å²) in [5, 5.41) is 12.3. The van der Waals surface area contributed by atoms with E-state index in [1.165, 1.54) is 4.31 Å². The number of aliphatic hydroxyl groups excluding tert-OH is 1. The van der Waals surface area contributed by atoms with Crippen LogP contribution < -0.4 is 0 Å². The third kappa shape index (κ3) is 3.11. The van der Waals surface area contributed by atoms with E-state index in [0.29, 0.717) is 12.0 Å². The predicted molar refractivity (Wildman–Crippen MR) is 114 cm³/mol. The molecule has 4 aromatic rings. The van der Waals surface area contributed by atoms with Crippen molar-refractivity contribution in [1.82, 2.24) is 14.3 Å². The Kier molecular flexibility index (Phi) is 4.66. The molecule has 2 N–H and O–H groups in total. The number of H-pyrrole nitrogens is 1. The molecule has 3 heterocycles. The Morgan fingerprint density at radius 2 is 1.80 bits per heavy atom. The van der Waals surface area contributed by atoms with Crippen molar-refractivity contribution >= 4 is 20.9 Å². The molecule has 0 unspecified atom stereocenters. The van der Waals surface area contributed by atoms with E-state index < -0.39 is 22.2 Å². The summed E-state index contributed by atoms with van der Waals surface area (Å²) in [6, 6.07) is 17.6. The van der Waals surface area contributed by atoms with Crippen LogP contribution in [0, 0.1) is 0 Å². The third-order valence-electron chi connectivity index (χ3n) is 5.76. The number of aromatic amines is 1. The van der Waals surface area contributed by atoms with Gasteiger partial charge in [-0.05, 0) is 47.9 Å². The van der Waals surface area contributed by atoms with Crippen molar-refractivity contribution in [3.63, 3.8) is 0 Å². The van der Waals surface area contributed by atoms with Gasteiger partial charge in [-0.3, -0.25) is 4.98 Å². The molecule has 0 saturated carbocycles. The lowest BCUT2D eigenvalue weighted by Gasteiger charge is -2.39. The normalized spacial score (nSPS) is 20.8. The fourth-order valence-electron chi connectivity index (χ4n) is 4.27. The molecular formula is C23H21N3O3S. The predicted octanol–water partition coefficient (Wildman–Crippen LogP) is 3.41. The maximum Gasteiger partial charge on any atom is 0.244 e. The minimum absolute atomic E-state index is 0.169. The quantitative estimate of drug-likeness (QED) is 0.531. The molecule has 0 aliphatic carbocycles. The van der Waals surface area contributed by atoms with Crippen molar-refractivity contribution in [2.75, 3.05) is 0 Å². The molecule has 5 rings (SSSR count). The SMILES string of the molecule is O=S1(=O)c2ccccc2[C@@H](O)[C@@H](Cc2cccc3[nH]ccc23)N1Cc1ccncc1. The number of benzene rings is 2. The Morgan fingerprint density at radius 3 is 2.63 bits per heavy atom. The van der Waals surface area contributed by atoms with E-state index in [9.17, 15) is 13.5 Å². The van der Waals surface area contributed by atoms with E-state index in [1.807, 2.05) is 30.5 Å². The summed E-state index contributed by atoms with van der Waals surface area (Å²) >= 11 is 0. The first-order valence-corrected chi connectivity index (χ1v) is 11.2. The Balaban J connectivity index is 1.63. The number of aromatic nitrogens is 2. The van der Waals surface area contributed by atoms with E-state index in [2.05, 4.69) is 9.97 Å². The van der Waals surface area contributed by atoms with Crippen molar-refractivity contribution in [2.45, 2.75) is 30.0 Å². The van der Waals surface area contributed by atoms with Crippen molar-refractivity contribution < 1.29 is 13.5 Å². The average Bonchev–Trinajstić information content (AvgIpc) is 3.25. The summed E-state index contributed by atoms with van der Waals surface area (Å²) in [5.41, 5.74) is 3.26. The first-order chi connectivity index (χ1) is 14.6. The number of pyridine rings is 1. The van der Waals surface area contributed by atoms with Gasteiger partial charge in [-0.2, -0.15) is 4.31 Å². The largest absolute Gasteiger partial charge is 0.387 e. The number of hydrogen-bond donors (Lipinski definition) is 2. The van der Waals surface area contributed by atoms with Gasteiger partial charge in [0, 0.05) is 41.6 Å². The highest BCUT2D eigenvalue weighted by atomic mass is 32.2. The molecule has 0 fully saturated rings. The Labute approximate surface area is 174 Å². The zero-order valence-corrected chi connectivity index (χ0v) is 17.0. The van der Waals surface area contributed by atoms with Crippen LogP contribution in [-0.4, -0.2) is 33.8 Å². The second kappa shape index (κ2) is 7.36. The molecule has 2 atom stereocenters. The second-order valence-electron chi connectivity index (χ2n) is 7.52. The van der Waals surface area contributed by atoms with Crippen molar-refractivity contribution in [1.29, 1.82) is 0 Å². The molecule has 6 nitrogen and oxygen atoms in total. The topological polar surface area (TPSA) is 86.3 Å². The van der Waals surface area contributed by atoms with E-state index in [-0.39, 0.29) is 11.4 Å². The lowest BCUT2D eigenvalue weighted by Crippen LogP contribution is -2.48. The van der Waals surface area contributed by atoms with E-state index in [1.54, 1.807) is 48.8 Å². The van der Waals surface area contributed by atoms with Crippen molar-refractivity contribution in [3.05, 3.63) is 95.9 Å². The van der Waals surface area contributed by atoms with E-state index >= 15 is 0 Å². The highest BCUT2D eigenvalue weighted by Crippen LogP contribution is 2.39. The zero-order chi connectivity index (χ0) is 20.7. The number of fused-ring (bicyclic) bond motifs is 2. The standard InChI is InChI=1S/C23H21N3O3S/c27-23-19-5-1-2-7-22(19)30(28,29)26(15-16-8-11-24-12-9-16)21(23)14-17-4-3-6-20-18(17)10-13-25-20/h1-13,21,23,25,27H,14-15H2/t21-,23-/m1/s1. The molecule has 2 aromatic heterocycles. The van der Waals surface area contributed by atoms with Gasteiger partial charge in [0.1, 0.15) is 0 Å². The number of nitrogens with one attached hydrogen (secondary N) is 1. The number of sulfonamides is 1. The number of aliphatic hydroxyl groups is 1. The van der Waals surface area contributed by atoms with Crippen LogP contribution >= 0.6 is 0 Å². The zero-order valence-electron chi connectivity index (χ0n) is 16.1. The second-order valence-corrected chi connectivity index (χ2v) is 9.37. The molecular weight excluding hydrogens is 398 g/mol. The molecule has 1 aliphatic heterocycles. The Morgan fingerprint density at radius 1 is 1.00 bits per heavy atom. The van der Waals surface area contributed by atoms with Crippen LogP contribution in [0.25, 0.3) is 10.9 Å². The van der Waals surface area contributed by atoms with Gasteiger partial charge in [0.05, 0.1) is 17.0 Å². The van der Waals surface area contributed by atoms with Crippen molar-refractivity contribution in [3.8, 4) is 0 Å². The fourth-order valence-corrected chi connectivity index (χ4v) is 6.12. The third-order valence-corrected chi connectivity index (χ3v) is 7.71. The minimum atomic E-state index is -3.78. The average molecular weight is 420 g/mol. The molecule has 0 saturated heterocycles. The van der Waals surface area contributed by atoms with Gasteiger partial charge >= 0.3 is 0 Å². The Bertz CT molecular complexity index is 1300. The number of rotatable bonds is 4. The molecule has 0 bridgehead atoms. The molecule has 0 radical (unpaired) electrons. The van der Waals surface area contributed by atoms with Gasteiger partial charge < -0.3 is 10.1 Å². The van der Waals surface area contributed by atoms with Gasteiger partial charge in [-0.15, -0.1) is 0 Å². The van der Waals surface area contributed by atoms with Crippen molar-refractivity contribution in [2.24, 2.45) is 0 Å². The van der Waals surface area contributed by atoms with Gasteiger partial charge in [0.25, 0.3) is 0 Å². The van der Waals surface area contributed by atoms with Crippen LogP contribution in [0.1, 0.15) is 22.8 Å². The summed E-state index contributed by atoms with van der Waals surface area (Å²) in [4.78, 5) is 7.38. The summed E-state index contributed by atoms with van der Waals surface area (Å²) in [6.45, 7) is 0.171. The molecule has 1 aliphatic rings. The number of nitrogens with zero attached hydrogens (tertiary/aromatic N) is 2. The van der Waals surface area contributed by atoms with Crippen LogP contribution in [0.3, 0.4) is 0 Å². The molecule has 0 spiro atoms. The lowest BCUT2D eigenvalue weighted by atomic mass is 9.94. The molecule has 2 aromatic carbocycles. The summed E-state index contributed by atoms with van der Waals surface area (Å²) in [7, 11) is -3.78. The highest BCUT2D eigenvalue weighted by Gasteiger charge is 2.43. The van der Waals surface area contributed by atoms with Gasteiger partial charge in [0.15, 0.2) is 0 Å². The molecule has 30 heavy (non-hydrogen) atoms. The first kappa shape index (κ1) is 19.0. The highest BCUT2D eigenvalue weighted by molar-refractivity contribution is 7.89. The smallest absolute Gasteiger partial charge is 0.244 e.